The molecule has 2 heterocycles. The number of carbonyl (C=O) groups is 1. The number of nitrogens with zero attached hydrogens (tertiary/aromatic N) is 4. The molecule has 7 nitrogen and oxygen atoms in total. The largest absolute Gasteiger partial charge is 0.379 e. The van der Waals surface area contributed by atoms with Gasteiger partial charge in [-0.05, 0) is 33.8 Å². The van der Waals surface area contributed by atoms with E-state index in [2.05, 4.69) is 20.5 Å². The molecule has 2 rings (SSSR count). The average Bonchev–Trinajstić information content (AvgIpc) is 2.78. The maximum Gasteiger partial charge on any atom is 0.290 e. The van der Waals surface area contributed by atoms with Crippen LogP contribution in [0.5, 0.6) is 0 Å². The van der Waals surface area contributed by atoms with Crippen LogP contribution in [-0.2, 0) is 4.74 Å². The quantitative estimate of drug-likeness (QED) is 0.881. The second-order valence-electron chi connectivity index (χ2n) is 5.24. The van der Waals surface area contributed by atoms with Crippen molar-refractivity contribution in [2.24, 2.45) is 0 Å². The molecule has 2 aromatic rings. The normalized spacial score (nSPS) is 11.8. The molecular weight excluding hydrogens is 258 g/mol. The van der Waals surface area contributed by atoms with Gasteiger partial charge in [-0.15, -0.1) is 10.2 Å². The molecule has 108 valence electrons. The summed E-state index contributed by atoms with van der Waals surface area (Å²) < 4.78 is 6.92. The van der Waals surface area contributed by atoms with Crippen LogP contribution in [0.15, 0.2) is 12.3 Å². The van der Waals surface area contributed by atoms with Crippen molar-refractivity contribution in [1.29, 1.82) is 0 Å². The fraction of sp³-hybridized carbons (Fsp3) is 0.538. The molecule has 0 aliphatic carbocycles. The first-order chi connectivity index (χ1) is 9.43. The standard InChI is InChI=1S/C13H19N5O2/c1-5-20-8-13(3,4)15-11(19)10-16-17-12-14-9(2)6-7-18(10)12/h6-7H,5,8H2,1-4H3,(H,15,19). The molecule has 0 spiro atoms. The Hall–Kier alpha value is -2.02. The Morgan fingerprint density at radius 1 is 1.45 bits per heavy atom. The van der Waals surface area contributed by atoms with Crippen molar-refractivity contribution >= 4 is 11.7 Å². The molecule has 0 radical (unpaired) electrons. The van der Waals surface area contributed by atoms with Crippen LogP contribution in [0.1, 0.15) is 37.1 Å². The zero-order valence-electron chi connectivity index (χ0n) is 12.2. The Balaban J connectivity index is 2.19. The third-order valence-corrected chi connectivity index (χ3v) is 2.74. The lowest BCUT2D eigenvalue weighted by atomic mass is 10.1. The van der Waals surface area contributed by atoms with Crippen molar-refractivity contribution in [3.63, 3.8) is 0 Å². The number of aromatic nitrogens is 4. The van der Waals surface area contributed by atoms with E-state index < -0.39 is 5.54 Å². The van der Waals surface area contributed by atoms with Crippen molar-refractivity contribution in [3.05, 3.63) is 23.8 Å². The molecule has 0 saturated carbocycles. The fourth-order valence-electron chi connectivity index (χ4n) is 1.79. The summed E-state index contributed by atoms with van der Waals surface area (Å²) in [4.78, 5) is 16.5. The van der Waals surface area contributed by atoms with E-state index in [1.54, 1.807) is 16.7 Å². The maximum absolute atomic E-state index is 12.3. The highest BCUT2D eigenvalue weighted by Gasteiger charge is 2.24. The SMILES string of the molecule is CCOCC(C)(C)NC(=O)c1nnc2nc(C)ccn12. The third kappa shape index (κ3) is 3.11. The summed E-state index contributed by atoms with van der Waals surface area (Å²) >= 11 is 0. The van der Waals surface area contributed by atoms with Crippen LogP contribution >= 0.6 is 0 Å². The summed E-state index contributed by atoms with van der Waals surface area (Å²) in [6, 6.07) is 1.80. The molecule has 1 amide bonds. The predicted molar refractivity (Wildman–Crippen MR) is 73.6 cm³/mol. The Labute approximate surface area is 117 Å². The highest BCUT2D eigenvalue weighted by Crippen LogP contribution is 2.07. The lowest BCUT2D eigenvalue weighted by Gasteiger charge is -2.25. The zero-order chi connectivity index (χ0) is 14.8. The summed E-state index contributed by atoms with van der Waals surface area (Å²) in [5.74, 6) is 0.336. The fourth-order valence-corrected chi connectivity index (χ4v) is 1.79. The van der Waals surface area contributed by atoms with Gasteiger partial charge in [0.1, 0.15) is 0 Å². The number of hydrogen-bond donors (Lipinski definition) is 1. The van der Waals surface area contributed by atoms with E-state index in [0.717, 1.165) is 5.69 Å². The Morgan fingerprint density at radius 2 is 2.20 bits per heavy atom. The molecule has 7 heteroatoms. The number of nitrogens with one attached hydrogen (secondary N) is 1. The lowest BCUT2D eigenvalue weighted by Crippen LogP contribution is -2.47. The molecule has 1 N–H and O–H groups in total. The van der Waals surface area contributed by atoms with Gasteiger partial charge in [-0.2, -0.15) is 0 Å². The van der Waals surface area contributed by atoms with Gasteiger partial charge in [0.15, 0.2) is 0 Å². The topological polar surface area (TPSA) is 81.4 Å². The van der Waals surface area contributed by atoms with Gasteiger partial charge in [0, 0.05) is 18.5 Å². The summed E-state index contributed by atoms with van der Waals surface area (Å²) in [5, 5.41) is 10.7. The van der Waals surface area contributed by atoms with Crippen LogP contribution in [0.4, 0.5) is 0 Å². The van der Waals surface area contributed by atoms with E-state index in [1.165, 1.54) is 0 Å². The van der Waals surface area contributed by atoms with E-state index in [4.69, 9.17) is 4.74 Å². The second kappa shape index (κ2) is 5.54. The molecule has 0 aliphatic heterocycles. The molecule has 0 saturated heterocycles. The van der Waals surface area contributed by atoms with Crippen LogP contribution < -0.4 is 5.32 Å². The number of hydrogen-bond acceptors (Lipinski definition) is 5. The summed E-state index contributed by atoms with van der Waals surface area (Å²) in [6.45, 7) is 8.61. The second-order valence-corrected chi connectivity index (χ2v) is 5.24. The molecule has 0 unspecified atom stereocenters. The van der Waals surface area contributed by atoms with Crippen molar-refractivity contribution < 1.29 is 9.53 Å². The summed E-state index contributed by atoms with van der Waals surface area (Å²) in [5.41, 5.74) is 0.352. The first-order valence-electron chi connectivity index (χ1n) is 6.51. The highest BCUT2D eigenvalue weighted by molar-refractivity contribution is 5.91. The monoisotopic (exact) mass is 277 g/mol. The van der Waals surface area contributed by atoms with Crippen LogP contribution in [0.3, 0.4) is 0 Å². The van der Waals surface area contributed by atoms with E-state index >= 15 is 0 Å². The summed E-state index contributed by atoms with van der Waals surface area (Å²) in [7, 11) is 0. The number of rotatable bonds is 5. The van der Waals surface area contributed by atoms with Gasteiger partial charge in [0.25, 0.3) is 11.7 Å². The maximum atomic E-state index is 12.3. The van der Waals surface area contributed by atoms with Gasteiger partial charge in [-0.3, -0.25) is 9.20 Å². The highest BCUT2D eigenvalue weighted by atomic mass is 16.5. The van der Waals surface area contributed by atoms with Crippen molar-refractivity contribution in [2.75, 3.05) is 13.2 Å². The van der Waals surface area contributed by atoms with Gasteiger partial charge in [0.05, 0.1) is 12.1 Å². The van der Waals surface area contributed by atoms with Gasteiger partial charge in [0.2, 0.25) is 5.82 Å². The Bertz CT molecular complexity index is 620. The first kappa shape index (κ1) is 14.4. The van der Waals surface area contributed by atoms with Crippen molar-refractivity contribution in [2.45, 2.75) is 33.2 Å². The number of aryl methyl sites for hydroxylation is 1. The number of fused-ring (bicyclic) bond motifs is 1. The average molecular weight is 277 g/mol. The molecule has 0 aliphatic rings. The minimum absolute atomic E-state index is 0.220. The van der Waals surface area contributed by atoms with Crippen LogP contribution in [0.25, 0.3) is 5.78 Å². The number of ether oxygens (including phenoxy) is 1. The Kier molecular flexibility index (Phi) is 3.99. The number of carbonyl (C=O) groups excluding carboxylic acids is 1. The van der Waals surface area contributed by atoms with E-state index in [-0.39, 0.29) is 11.7 Å². The van der Waals surface area contributed by atoms with Crippen LogP contribution in [0, 0.1) is 6.92 Å². The predicted octanol–water partition coefficient (Wildman–Crippen LogP) is 0.978. The molecular formula is C13H19N5O2. The van der Waals surface area contributed by atoms with Gasteiger partial charge in [-0.1, -0.05) is 0 Å². The van der Waals surface area contributed by atoms with Gasteiger partial charge >= 0.3 is 0 Å². The molecule has 0 fully saturated rings. The van der Waals surface area contributed by atoms with Crippen LogP contribution in [0.2, 0.25) is 0 Å². The molecule has 0 atom stereocenters. The lowest BCUT2D eigenvalue weighted by molar-refractivity contribution is 0.0717. The Morgan fingerprint density at radius 3 is 2.90 bits per heavy atom. The minimum atomic E-state index is -0.475. The third-order valence-electron chi connectivity index (χ3n) is 2.74. The smallest absolute Gasteiger partial charge is 0.290 e. The van der Waals surface area contributed by atoms with E-state index in [9.17, 15) is 4.79 Å². The number of amides is 1. The molecule has 2 aromatic heterocycles. The van der Waals surface area contributed by atoms with Gasteiger partial charge in [-0.25, -0.2) is 4.98 Å². The summed E-state index contributed by atoms with van der Waals surface area (Å²) in [6.07, 6.45) is 1.74. The molecule has 0 bridgehead atoms. The van der Waals surface area contributed by atoms with Crippen LogP contribution in [-0.4, -0.2) is 44.2 Å². The molecule has 0 aromatic carbocycles. The zero-order valence-corrected chi connectivity index (χ0v) is 12.2. The van der Waals surface area contributed by atoms with Crippen molar-refractivity contribution in [1.82, 2.24) is 24.9 Å². The van der Waals surface area contributed by atoms with Gasteiger partial charge < -0.3 is 10.1 Å². The van der Waals surface area contributed by atoms with Crippen molar-refractivity contribution in [3.8, 4) is 0 Å². The van der Waals surface area contributed by atoms with E-state index in [1.807, 2.05) is 27.7 Å². The molecule has 20 heavy (non-hydrogen) atoms. The van der Waals surface area contributed by atoms with E-state index in [0.29, 0.717) is 19.0 Å². The first-order valence-corrected chi connectivity index (χ1v) is 6.51. The minimum Gasteiger partial charge on any atom is -0.379 e.